The fourth-order valence-corrected chi connectivity index (χ4v) is 2.50. The third kappa shape index (κ3) is 4.28. The molecule has 2 heterocycles. The molecule has 0 unspecified atom stereocenters. The van der Waals surface area contributed by atoms with Crippen molar-refractivity contribution in [3.8, 4) is 0 Å². The molecule has 2 N–H and O–H groups in total. The molecule has 1 aromatic rings. The van der Waals surface area contributed by atoms with Gasteiger partial charge in [0.2, 0.25) is 0 Å². The molecular formula is C12H14Cl2N4O3. The zero-order valence-corrected chi connectivity index (χ0v) is 12.8. The van der Waals surface area contributed by atoms with Crippen LogP contribution < -0.4 is 10.7 Å². The number of imide groups is 1. The lowest BCUT2D eigenvalue weighted by Crippen LogP contribution is -2.52. The van der Waals surface area contributed by atoms with Crippen molar-refractivity contribution in [1.82, 2.24) is 20.7 Å². The van der Waals surface area contributed by atoms with Crippen molar-refractivity contribution in [2.24, 2.45) is 0 Å². The number of carbonyl (C=O) groups excluding carboxylic acids is 2. The highest BCUT2D eigenvalue weighted by Crippen LogP contribution is 2.21. The van der Waals surface area contributed by atoms with Gasteiger partial charge in [-0.15, -0.1) is 0 Å². The molecule has 7 nitrogen and oxygen atoms in total. The first-order valence-electron chi connectivity index (χ1n) is 6.24. The number of hydrogen-bond donors (Lipinski definition) is 2. The number of pyridine rings is 1. The van der Waals surface area contributed by atoms with Crippen molar-refractivity contribution in [1.29, 1.82) is 0 Å². The van der Waals surface area contributed by atoms with Crippen LogP contribution in [0.15, 0.2) is 6.07 Å². The number of aromatic nitrogens is 1. The molecule has 0 aromatic carbocycles. The second-order valence-electron chi connectivity index (χ2n) is 4.42. The maximum absolute atomic E-state index is 12.1. The normalized spacial score (nSPS) is 15.6. The lowest BCUT2D eigenvalue weighted by atomic mass is 10.1. The van der Waals surface area contributed by atoms with Gasteiger partial charge < -0.3 is 4.74 Å². The van der Waals surface area contributed by atoms with Crippen LogP contribution in [-0.4, -0.2) is 48.2 Å². The molecule has 0 saturated carbocycles. The molecule has 0 bridgehead atoms. The molecule has 21 heavy (non-hydrogen) atoms. The number of carbonyl (C=O) groups is 2. The van der Waals surface area contributed by atoms with E-state index in [9.17, 15) is 9.59 Å². The summed E-state index contributed by atoms with van der Waals surface area (Å²) in [4.78, 5) is 27.6. The summed E-state index contributed by atoms with van der Waals surface area (Å²) in [5, 5.41) is 4.02. The monoisotopic (exact) mass is 332 g/mol. The summed E-state index contributed by atoms with van der Waals surface area (Å²) in [6.45, 7) is 3.84. The van der Waals surface area contributed by atoms with Gasteiger partial charge >= 0.3 is 6.03 Å². The molecule has 0 spiro atoms. The Morgan fingerprint density at radius 3 is 2.62 bits per heavy atom. The predicted octanol–water partition coefficient (Wildman–Crippen LogP) is 1.38. The number of rotatable bonds is 2. The van der Waals surface area contributed by atoms with Gasteiger partial charge in [0, 0.05) is 13.1 Å². The molecule has 0 radical (unpaired) electrons. The first-order valence-corrected chi connectivity index (χ1v) is 7.00. The maximum atomic E-state index is 12.1. The highest BCUT2D eigenvalue weighted by atomic mass is 35.5. The van der Waals surface area contributed by atoms with Gasteiger partial charge in [0.15, 0.2) is 0 Å². The number of hydrazine groups is 1. The van der Waals surface area contributed by atoms with Crippen LogP contribution in [0.5, 0.6) is 0 Å². The van der Waals surface area contributed by atoms with Gasteiger partial charge in [0.25, 0.3) is 5.91 Å². The van der Waals surface area contributed by atoms with Crippen molar-refractivity contribution in [2.45, 2.75) is 6.92 Å². The Morgan fingerprint density at radius 1 is 1.33 bits per heavy atom. The van der Waals surface area contributed by atoms with Crippen LogP contribution in [0.25, 0.3) is 0 Å². The van der Waals surface area contributed by atoms with E-state index in [1.54, 1.807) is 11.9 Å². The van der Waals surface area contributed by atoms with Crippen LogP contribution >= 0.6 is 23.2 Å². The quantitative estimate of drug-likeness (QED) is 0.799. The zero-order valence-electron chi connectivity index (χ0n) is 11.3. The van der Waals surface area contributed by atoms with E-state index in [2.05, 4.69) is 15.7 Å². The summed E-state index contributed by atoms with van der Waals surface area (Å²) < 4.78 is 5.16. The molecular weight excluding hydrogens is 319 g/mol. The molecule has 9 heteroatoms. The van der Waals surface area contributed by atoms with Crippen LogP contribution in [0, 0.1) is 6.92 Å². The summed E-state index contributed by atoms with van der Waals surface area (Å²) >= 11 is 11.6. The molecule has 1 fully saturated rings. The van der Waals surface area contributed by atoms with Gasteiger partial charge in [-0.2, -0.15) is 0 Å². The van der Waals surface area contributed by atoms with Crippen molar-refractivity contribution in [2.75, 3.05) is 26.3 Å². The highest BCUT2D eigenvalue weighted by Gasteiger charge is 2.20. The fourth-order valence-electron chi connectivity index (χ4n) is 1.88. The summed E-state index contributed by atoms with van der Waals surface area (Å²) in [5.74, 6) is -0.632. The minimum atomic E-state index is -0.632. The van der Waals surface area contributed by atoms with Gasteiger partial charge in [-0.25, -0.2) is 14.8 Å². The van der Waals surface area contributed by atoms with E-state index in [1.807, 2.05) is 0 Å². The van der Waals surface area contributed by atoms with Crippen molar-refractivity contribution < 1.29 is 14.3 Å². The molecule has 2 rings (SSSR count). The number of ether oxygens (including phenoxy) is 1. The van der Waals surface area contributed by atoms with E-state index in [0.717, 1.165) is 0 Å². The van der Waals surface area contributed by atoms with E-state index < -0.39 is 11.9 Å². The van der Waals surface area contributed by atoms with Crippen LogP contribution in [0.1, 0.15) is 15.9 Å². The Bertz CT molecular complexity index is 538. The van der Waals surface area contributed by atoms with Crippen LogP contribution in [-0.2, 0) is 4.74 Å². The van der Waals surface area contributed by atoms with E-state index in [4.69, 9.17) is 27.9 Å². The molecule has 114 valence electrons. The smallest absolute Gasteiger partial charge is 0.336 e. The Hall–Kier alpha value is -1.41. The molecule has 0 atom stereocenters. The number of morpholine rings is 1. The Kier molecular flexibility index (Phi) is 5.35. The topological polar surface area (TPSA) is 83.6 Å². The zero-order chi connectivity index (χ0) is 15.4. The predicted molar refractivity (Wildman–Crippen MR) is 77.4 cm³/mol. The molecule has 1 saturated heterocycles. The Morgan fingerprint density at radius 2 is 2.00 bits per heavy atom. The standard InChI is InChI=1S/C12H14Cl2N4O3/c1-7-6-8(13)15-10(14)9(7)11(19)16-12(20)17-18-2-4-21-5-3-18/h6H,2-5H2,1H3,(H2,16,17,19,20). The van der Waals surface area contributed by atoms with Crippen molar-refractivity contribution >= 4 is 35.1 Å². The third-order valence-electron chi connectivity index (χ3n) is 2.87. The molecule has 1 aliphatic rings. The maximum Gasteiger partial charge on any atom is 0.336 e. The highest BCUT2D eigenvalue weighted by molar-refractivity contribution is 6.35. The van der Waals surface area contributed by atoms with Gasteiger partial charge in [-0.3, -0.25) is 15.5 Å². The second-order valence-corrected chi connectivity index (χ2v) is 5.17. The van der Waals surface area contributed by atoms with Crippen LogP contribution in [0.2, 0.25) is 10.3 Å². The van der Waals surface area contributed by atoms with E-state index in [0.29, 0.717) is 31.9 Å². The number of hydrogen-bond acceptors (Lipinski definition) is 5. The third-order valence-corrected chi connectivity index (χ3v) is 3.33. The fraction of sp³-hybridized carbons (Fsp3) is 0.417. The summed E-state index contributed by atoms with van der Waals surface area (Å²) in [7, 11) is 0. The lowest BCUT2D eigenvalue weighted by molar-refractivity contribution is 0.0196. The number of halogens is 2. The van der Waals surface area contributed by atoms with E-state index in [1.165, 1.54) is 6.07 Å². The number of amides is 3. The Labute approximate surface area is 131 Å². The molecule has 0 aliphatic carbocycles. The van der Waals surface area contributed by atoms with Crippen LogP contribution in [0.3, 0.4) is 0 Å². The average Bonchev–Trinajstić information content (AvgIpc) is 2.38. The van der Waals surface area contributed by atoms with Gasteiger partial charge in [-0.05, 0) is 18.6 Å². The number of nitrogens with one attached hydrogen (secondary N) is 2. The second kappa shape index (κ2) is 7.04. The SMILES string of the molecule is Cc1cc(Cl)nc(Cl)c1C(=O)NC(=O)NN1CCOCC1. The molecule has 3 amide bonds. The first kappa shape index (κ1) is 16.0. The van der Waals surface area contributed by atoms with Gasteiger partial charge in [0.1, 0.15) is 10.3 Å². The first-order chi connectivity index (χ1) is 9.97. The lowest BCUT2D eigenvalue weighted by Gasteiger charge is -2.26. The largest absolute Gasteiger partial charge is 0.379 e. The minimum absolute atomic E-state index is 0.0447. The summed E-state index contributed by atoms with van der Waals surface area (Å²) in [6.07, 6.45) is 0. The summed E-state index contributed by atoms with van der Waals surface area (Å²) in [6, 6.07) is 0.870. The Balaban J connectivity index is 1.99. The van der Waals surface area contributed by atoms with Crippen molar-refractivity contribution in [3.05, 3.63) is 27.5 Å². The minimum Gasteiger partial charge on any atom is -0.379 e. The van der Waals surface area contributed by atoms with E-state index >= 15 is 0 Å². The van der Waals surface area contributed by atoms with Gasteiger partial charge in [0.05, 0.1) is 18.8 Å². The summed E-state index contributed by atoms with van der Waals surface area (Å²) in [5.41, 5.74) is 3.22. The molecule has 1 aliphatic heterocycles. The average molecular weight is 333 g/mol. The number of urea groups is 1. The van der Waals surface area contributed by atoms with Crippen LogP contribution in [0.4, 0.5) is 4.79 Å². The van der Waals surface area contributed by atoms with Gasteiger partial charge in [-0.1, -0.05) is 23.2 Å². The number of aryl methyl sites for hydroxylation is 1. The van der Waals surface area contributed by atoms with Crippen molar-refractivity contribution in [3.63, 3.8) is 0 Å². The number of nitrogens with zero attached hydrogens (tertiary/aromatic N) is 2. The van der Waals surface area contributed by atoms with E-state index in [-0.39, 0.29) is 15.9 Å². The molecule has 1 aromatic heterocycles.